The van der Waals surface area contributed by atoms with Gasteiger partial charge in [0.25, 0.3) is 0 Å². The van der Waals surface area contributed by atoms with Crippen LogP contribution in [0.3, 0.4) is 0 Å². The van der Waals surface area contributed by atoms with Gasteiger partial charge in [-0.05, 0) is 62.5 Å². The van der Waals surface area contributed by atoms with Gasteiger partial charge in [0.2, 0.25) is 0 Å². The van der Waals surface area contributed by atoms with Gasteiger partial charge in [-0.25, -0.2) is 0 Å². The van der Waals surface area contributed by atoms with E-state index in [4.69, 9.17) is 18.9 Å². The summed E-state index contributed by atoms with van der Waals surface area (Å²) < 4.78 is 22.4. The standard InChI is InChI=1S/2C27H44O5.Ba/c2*1-24(28)32-26(23-31-22-25-18-14-13-15-19-25)20-16-11-9-7-5-3-2-4-6-8-10-12-17-21-27(29)30;/h2*13-15,18-19,26H,2-12,16-17,20-23H2,1H3,(H,29,30);/q;;+2/p-2. The van der Waals surface area contributed by atoms with E-state index in [-0.39, 0.29) is 85.9 Å². The molecule has 2 rings (SSSR count). The summed E-state index contributed by atoms with van der Waals surface area (Å²) in [6, 6.07) is 20.1. The molecule has 0 fully saturated rings. The minimum absolute atomic E-state index is 0. The Morgan fingerprint density at radius 2 is 0.646 bits per heavy atom. The summed E-state index contributed by atoms with van der Waals surface area (Å²) in [7, 11) is 0. The Bertz CT molecular complexity index is 1290. The normalized spacial score (nSPS) is 11.7. The number of esters is 2. The number of carbonyl (C=O) groups excluding carboxylic acids is 4. The number of benzene rings is 2. The zero-order chi connectivity index (χ0) is 46.6. The molecule has 2 unspecified atom stereocenters. The average Bonchev–Trinajstić information content (AvgIpc) is 3.26. The SMILES string of the molecule is CC(=O)OC(CCCCCCCCCCCCCCCC(=O)[O-])COCc1ccccc1.CC(=O)OC(CCCCCCCCCCCCCCCC(=O)[O-])COCc1ccccc1.[Ba+2]. The number of carboxylic acids is 2. The topological polar surface area (TPSA) is 151 Å². The van der Waals surface area contributed by atoms with E-state index in [0.29, 0.717) is 26.4 Å². The van der Waals surface area contributed by atoms with Gasteiger partial charge in [0.15, 0.2) is 0 Å². The van der Waals surface area contributed by atoms with Crippen LogP contribution in [0.1, 0.15) is 218 Å². The molecule has 0 saturated heterocycles. The van der Waals surface area contributed by atoms with Gasteiger partial charge in [0.05, 0.1) is 26.4 Å². The Morgan fingerprint density at radius 1 is 0.400 bits per heavy atom. The Morgan fingerprint density at radius 3 is 0.892 bits per heavy atom. The third kappa shape index (κ3) is 45.4. The van der Waals surface area contributed by atoms with Crippen LogP contribution in [-0.4, -0.2) is 98.2 Å². The number of unbranched alkanes of at least 4 members (excludes halogenated alkanes) is 24. The van der Waals surface area contributed by atoms with Gasteiger partial charge in [-0.2, -0.15) is 0 Å². The Balaban J connectivity index is 0.00000124. The van der Waals surface area contributed by atoms with Crippen molar-refractivity contribution in [1.82, 2.24) is 0 Å². The maximum absolute atomic E-state index is 11.4. The second-order valence-corrected chi connectivity index (χ2v) is 17.5. The molecular formula is C54H86BaO10. The van der Waals surface area contributed by atoms with Gasteiger partial charge in [0.1, 0.15) is 12.2 Å². The molecular weight excluding hydrogens is 946 g/mol. The molecule has 364 valence electrons. The van der Waals surface area contributed by atoms with Gasteiger partial charge >= 0.3 is 60.8 Å². The first-order valence-electron chi connectivity index (χ1n) is 25.1. The predicted molar refractivity (Wildman–Crippen MR) is 258 cm³/mol. The van der Waals surface area contributed by atoms with Gasteiger partial charge in [0, 0.05) is 25.8 Å². The van der Waals surface area contributed by atoms with Gasteiger partial charge in [-0.15, -0.1) is 0 Å². The first-order valence-corrected chi connectivity index (χ1v) is 25.1. The van der Waals surface area contributed by atoms with Crippen molar-refractivity contribution in [2.45, 2.75) is 232 Å². The molecule has 0 aromatic heterocycles. The van der Waals surface area contributed by atoms with Crippen molar-refractivity contribution in [1.29, 1.82) is 0 Å². The number of carbonyl (C=O) groups is 4. The first-order chi connectivity index (χ1) is 31.2. The molecule has 2 atom stereocenters. The van der Waals surface area contributed by atoms with Crippen LogP contribution in [0, 0.1) is 0 Å². The number of hydrogen-bond donors (Lipinski definition) is 0. The fraction of sp³-hybridized carbons (Fsp3) is 0.704. The number of hydrogen-bond acceptors (Lipinski definition) is 10. The molecule has 0 saturated carbocycles. The van der Waals surface area contributed by atoms with Crippen LogP contribution in [0.5, 0.6) is 0 Å². The molecule has 0 aliphatic rings. The van der Waals surface area contributed by atoms with E-state index in [1.807, 2.05) is 60.7 Å². The maximum atomic E-state index is 11.4. The minimum atomic E-state index is -0.929. The van der Waals surface area contributed by atoms with Gasteiger partial charge in [-0.3, -0.25) is 9.59 Å². The number of rotatable bonds is 42. The quantitative estimate of drug-likeness (QED) is 0.0357. The summed E-state index contributed by atoms with van der Waals surface area (Å²) in [5.74, 6) is -2.34. The summed E-state index contributed by atoms with van der Waals surface area (Å²) in [5, 5.41) is 20.7. The Labute approximate surface area is 434 Å². The first kappa shape index (κ1) is 62.8. The van der Waals surface area contributed by atoms with Crippen LogP contribution < -0.4 is 10.2 Å². The fourth-order valence-corrected chi connectivity index (χ4v) is 7.76. The number of carboxylic acid groups (broad SMARTS) is 2. The molecule has 0 N–H and O–H groups in total. The minimum Gasteiger partial charge on any atom is -0.550 e. The molecule has 0 spiro atoms. The summed E-state index contributed by atoms with van der Waals surface area (Å²) in [5.41, 5.74) is 2.25. The monoisotopic (exact) mass is 1030 g/mol. The van der Waals surface area contributed by atoms with E-state index < -0.39 is 11.9 Å². The zero-order valence-electron chi connectivity index (χ0n) is 40.8. The Hall–Kier alpha value is -2.19. The van der Waals surface area contributed by atoms with Crippen molar-refractivity contribution in [3.05, 3.63) is 71.8 Å². The molecule has 65 heavy (non-hydrogen) atoms. The molecule has 2 aromatic rings. The van der Waals surface area contributed by atoms with Crippen LogP contribution >= 0.6 is 0 Å². The molecule has 0 aliphatic heterocycles. The molecule has 0 aliphatic carbocycles. The van der Waals surface area contributed by atoms with Crippen molar-refractivity contribution in [2.75, 3.05) is 13.2 Å². The third-order valence-electron chi connectivity index (χ3n) is 11.3. The van der Waals surface area contributed by atoms with Crippen LogP contribution in [0.2, 0.25) is 0 Å². The van der Waals surface area contributed by atoms with Gasteiger partial charge < -0.3 is 38.7 Å². The molecule has 0 heterocycles. The van der Waals surface area contributed by atoms with Crippen molar-refractivity contribution in [3.63, 3.8) is 0 Å². The summed E-state index contributed by atoms with van der Waals surface area (Å²) in [6.45, 7) is 4.90. The van der Waals surface area contributed by atoms with E-state index in [9.17, 15) is 29.4 Å². The second kappa shape index (κ2) is 46.9. The van der Waals surface area contributed by atoms with Crippen LogP contribution in [0.4, 0.5) is 0 Å². The van der Waals surface area contributed by atoms with E-state index in [1.165, 1.54) is 129 Å². The second-order valence-electron chi connectivity index (χ2n) is 17.5. The van der Waals surface area contributed by atoms with Crippen LogP contribution in [-0.2, 0) is 51.3 Å². The van der Waals surface area contributed by atoms with Crippen molar-refractivity contribution in [3.8, 4) is 0 Å². The maximum Gasteiger partial charge on any atom is 2.00 e. The number of ether oxygens (including phenoxy) is 4. The van der Waals surface area contributed by atoms with Crippen molar-refractivity contribution >= 4 is 72.8 Å². The summed E-state index contributed by atoms with van der Waals surface area (Å²) in [4.78, 5) is 43.4. The molecule has 11 heteroatoms. The number of aliphatic carboxylic acids is 2. The molecule has 0 radical (unpaired) electrons. The van der Waals surface area contributed by atoms with Gasteiger partial charge in [-0.1, -0.05) is 202 Å². The molecule has 0 amide bonds. The van der Waals surface area contributed by atoms with E-state index in [0.717, 1.165) is 75.3 Å². The molecule has 10 nitrogen and oxygen atoms in total. The Kier molecular flexibility index (Phi) is 45.3. The van der Waals surface area contributed by atoms with Crippen molar-refractivity contribution in [2.24, 2.45) is 0 Å². The molecule has 0 bridgehead atoms. The van der Waals surface area contributed by atoms with Crippen LogP contribution in [0.15, 0.2) is 60.7 Å². The van der Waals surface area contributed by atoms with E-state index in [1.54, 1.807) is 0 Å². The van der Waals surface area contributed by atoms with Crippen molar-refractivity contribution < 1.29 is 48.3 Å². The summed E-state index contributed by atoms with van der Waals surface area (Å²) in [6.07, 6.45) is 32.4. The average molecular weight is 1030 g/mol. The zero-order valence-corrected chi connectivity index (χ0v) is 45.2. The van der Waals surface area contributed by atoms with Crippen LogP contribution in [0.25, 0.3) is 0 Å². The smallest absolute Gasteiger partial charge is 0.550 e. The predicted octanol–water partition coefficient (Wildman–Crippen LogP) is 11.1. The van der Waals surface area contributed by atoms with E-state index in [2.05, 4.69) is 0 Å². The third-order valence-corrected chi connectivity index (χ3v) is 11.3. The fourth-order valence-electron chi connectivity index (χ4n) is 7.76. The summed E-state index contributed by atoms with van der Waals surface area (Å²) >= 11 is 0. The molecule has 2 aromatic carbocycles. The van der Waals surface area contributed by atoms with E-state index >= 15 is 0 Å². The largest absolute Gasteiger partial charge is 2.00 e.